The lowest BCUT2D eigenvalue weighted by Crippen LogP contribution is -2.18. The number of nitrogens with zero attached hydrogens (tertiary/aromatic N) is 1. The molecule has 26 heavy (non-hydrogen) atoms. The lowest BCUT2D eigenvalue weighted by molar-refractivity contribution is -0.121. The molecule has 0 aliphatic heterocycles. The molecule has 0 radical (unpaired) electrons. The average Bonchev–Trinajstić information content (AvgIpc) is 2.60. The van der Waals surface area contributed by atoms with Crippen molar-refractivity contribution >= 4 is 35.3 Å². The van der Waals surface area contributed by atoms with E-state index >= 15 is 0 Å². The molecule has 0 heterocycles. The zero-order chi connectivity index (χ0) is 18.9. The summed E-state index contributed by atoms with van der Waals surface area (Å²) in [5.74, 6) is 1.17. The van der Waals surface area contributed by atoms with Crippen LogP contribution >= 0.6 is 23.2 Å². The maximum Gasteiger partial charge on any atom is 0.240 e. The molecule has 0 bridgehead atoms. The van der Waals surface area contributed by atoms with Crippen molar-refractivity contribution in [2.75, 3.05) is 13.7 Å². The van der Waals surface area contributed by atoms with Crippen LogP contribution in [0.15, 0.2) is 41.5 Å². The summed E-state index contributed by atoms with van der Waals surface area (Å²) in [6, 6.07) is 10.7. The second-order valence-electron chi connectivity index (χ2n) is 5.55. The standard InChI is InChI=1S/C19H20Cl2N2O3/c1-13-10-14(5-7-17(13)25-2)12-22-23-19(24)4-3-9-26-18-8-6-15(20)11-16(18)21/h5-8,10-12H,3-4,9H2,1-2H3,(H,23,24). The van der Waals surface area contributed by atoms with Gasteiger partial charge in [-0.25, -0.2) is 5.43 Å². The Labute approximate surface area is 162 Å². The van der Waals surface area contributed by atoms with E-state index in [1.165, 1.54) is 0 Å². The fraction of sp³-hybridized carbons (Fsp3) is 0.263. The highest BCUT2D eigenvalue weighted by molar-refractivity contribution is 6.35. The van der Waals surface area contributed by atoms with Crippen molar-refractivity contribution in [3.8, 4) is 11.5 Å². The molecule has 1 N–H and O–H groups in total. The Kier molecular flexibility index (Phi) is 7.75. The van der Waals surface area contributed by atoms with Crippen molar-refractivity contribution in [1.82, 2.24) is 5.43 Å². The molecular weight excluding hydrogens is 375 g/mol. The number of ether oxygens (including phenoxy) is 2. The number of hydrogen-bond donors (Lipinski definition) is 1. The molecule has 7 heteroatoms. The normalized spacial score (nSPS) is 10.8. The smallest absolute Gasteiger partial charge is 0.240 e. The number of benzene rings is 2. The number of amides is 1. The maximum absolute atomic E-state index is 11.8. The Bertz CT molecular complexity index is 794. The number of methoxy groups -OCH3 is 1. The molecule has 2 rings (SSSR count). The van der Waals surface area contributed by atoms with E-state index in [0.29, 0.717) is 35.2 Å². The van der Waals surface area contributed by atoms with Gasteiger partial charge in [-0.3, -0.25) is 4.79 Å². The molecule has 1 amide bonds. The van der Waals surface area contributed by atoms with E-state index in [1.807, 2.05) is 25.1 Å². The van der Waals surface area contributed by atoms with Gasteiger partial charge >= 0.3 is 0 Å². The third kappa shape index (κ3) is 6.24. The molecule has 0 aliphatic rings. The topological polar surface area (TPSA) is 59.9 Å². The number of rotatable bonds is 8. The van der Waals surface area contributed by atoms with E-state index in [4.69, 9.17) is 32.7 Å². The van der Waals surface area contributed by atoms with Crippen molar-refractivity contribution in [3.05, 3.63) is 57.6 Å². The molecule has 0 saturated heterocycles. The first-order valence-electron chi connectivity index (χ1n) is 8.04. The molecule has 138 valence electrons. The summed E-state index contributed by atoms with van der Waals surface area (Å²) in [6.07, 6.45) is 2.43. The minimum Gasteiger partial charge on any atom is -0.496 e. The minimum absolute atomic E-state index is 0.183. The quantitative estimate of drug-likeness (QED) is 0.403. The Hall–Kier alpha value is -2.24. The summed E-state index contributed by atoms with van der Waals surface area (Å²) in [4.78, 5) is 11.8. The van der Waals surface area contributed by atoms with Crippen LogP contribution in [0.3, 0.4) is 0 Å². The average molecular weight is 395 g/mol. The van der Waals surface area contributed by atoms with Crippen molar-refractivity contribution in [1.29, 1.82) is 0 Å². The molecular formula is C19H20Cl2N2O3. The summed E-state index contributed by atoms with van der Waals surface area (Å²) in [7, 11) is 1.63. The van der Waals surface area contributed by atoms with Crippen LogP contribution in [-0.2, 0) is 4.79 Å². The van der Waals surface area contributed by atoms with Gasteiger partial charge in [0, 0.05) is 11.4 Å². The van der Waals surface area contributed by atoms with Gasteiger partial charge < -0.3 is 9.47 Å². The van der Waals surface area contributed by atoms with Gasteiger partial charge in [0.2, 0.25) is 5.91 Å². The van der Waals surface area contributed by atoms with Crippen LogP contribution in [0.1, 0.15) is 24.0 Å². The van der Waals surface area contributed by atoms with Crippen molar-refractivity contribution < 1.29 is 14.3 Å². The maximum atomic E-state index is 11.8. The van der Waals surface area contributed by atoms with E-state index in [9.17, 15) is 4.79 Å². The fourth-order valence-electron chi connectivity index (χ4n) is 2.22. The summed E-state index contributed by atoms with van der Waals surface area (Å²) >= 11 is 11.8. The van der Waals surface area contributed by atoms with Gasteiger partial charge in [-0.05, 0) is 60.9 Å². The highest BCUT2D eigenvalue weighted by Gasteiger charge is 2.04. The van der Waals surface area contributed by atoms with Crippen LogP contribution in [0, 0.1) is 6.92 Å². The van der Waals surface area contributed by atoms with Gasteiger partial charge in [-0.1, -0.05) is 23.2 Å². The molecule has 0 saturated carbocycles. The van der Waals surface area contributed by atoms with Gasteiger partial charge in [-0.15, -0.1) is 0 Å². The van der Waals surface area contributed by atoms with Gasteiger partial charge in [0.05, 0.1) is 25.0 Å². The van der Waals surface area contributed by atoms with Gasteiger partial charge in [0.25, 0.3) is 0 Å². The van der Waals surface area contributed by atoms with Crippen molar-refractivity contribution in [3.63, 3.8) is 0 Å². The lowest BCUT2D eigenvalue weighted by Gasteiger charge is -2.07. The SMILES string of the molecule is COc1ccc(C=NNC(=O)CCCOc2ccc(Cl)cc2Cl)cc1C. The zero-order valence-corrected chi connectivity index (χ0v) is 16.1. The predicted octanol–water partition coefficient (Wildman–Crippen LogP) is 4.62. The molecule has 2 aromatic carbocycles. The molecule has 0 aromatic heterocycles. The number of carbonyl (C=O) groups is 1. The second kappa shape index (κ2) is 10.0. The summed E-state index contributed by atoms with van der Waals surface area (Å²) in [5, 5.41) is 4.95. The van der Waals surface area contributed by atoms with Gasteiger partial charge in [0.1, 0.15) is 11.5 Å². The Morgan fingerprint density at radius 1 is 1.19 bits per heavy atom. The van der Waals surface area contributed by atoms with E-state index < -0.39 is 0 Å². The highest BCUT2D eigenvalue weighted by Crippen LogP contribution is 2.27. The Balaban J connectivity index is 1.71. The van der Waals surface area contributed by atoms with Crippen molar-refractivity contribution in [2.24, 2.45) is 5.10 Å². The number of aryl methyl sites for hydroxylation is 1. The van der Waals surface area contributed by atoms with Crippen LogP contribution in [0.4, 0.5) is 0 Å². The summed E-state index contributed by atoms with van der Waals surface area (Å²) < 4.78 is 10.7. The molecule has 0 atom stereocenters. The van der Waals surface area contributed by atoms with E-state index in [0.717, 1.165) is 16.9 Å². The zero-order valence-electron chi connectivity index (χ0n) is 14.6. The van der Waals surface area contributed by atoms with Crippen LogP contribution in [0.2, 0.25) is 10.0 Å². The first kappa shape index (κ1) is 20.1. The van der Waals surface area contributed by atoms with Crippen molar-refractivity contribution in [2.45, 2.75) is 19.8 Å². The number of hydrogen-bond acceptors (Lipinski definition) is 4. The fourth-order valence-corrected chi connectivity index (χ4v) is 2.69. The van der Waals surface area contributed by atoms with Gasteiger partial charge in [-0.2, -0.15) is 5.10 Å². The molecule has 0 spiro atoms. The van der Waals surface area contributed by atoms with Gasteiger partial charge in [0.15, 0.2) is 0 Å². The Morgan fingerprint density at radius 2 is 1.96 bits per heavy atom. The van der Waals surface area contributed by atoms with Crippen LogP contribution in [0.5, 0.6) is 11.5 Å². The largest absolute Gasteiger partial charge is 0.496 e. The highest BCUT2D eigenvalue weighted by atomic mass is 35.5. The Morgan fingerprint density at radius 3 is 2.65 bits per heavy atom. The van der Waals surface area contributed by atoms with E-state index in [2.05, 4.69) is 10.5 Å². The second-order valence-corrected chi connectivity index (χ2v) is 6.39. The first-order chi connectivity index (χ1) is 12.5. The molecule has 0 aliphatic carbocycles. The van der Waals surface area contributed by atoms with Crippen LogP contribution in [-0.4, -0.2) is 25.8 Å². The first-order valence-corrected chi connectivity index (χ1v) is 8.79. The summed E-state index contributed by atoms with van der Waals surface area (Å²) in [5.41, 5.74) is 4.38. The number of nitrogens with one attached hydrogen (secondary N) is 1. The van der Waals surface area contributed by atoms with Crippen LogP contribution in [0.25, 0.3) is 0 Å². The lowest BCUT2D eigenvalue weighted by atomic mass is 10.1. The number of hydrazone groups is 1. The monoisotopic (exact) mass is 394 g/mol. The third-order valence-corrected chi connectivity index (χ3v) is 4.05. The molecule has 0 fully saturated rings. The molecule has 2 aromatic rings. The van der Waals surface area contributed by atoms with E-state index in [-0.39, 0.29) is 5.91 Å². The van der Waals surface area contributed by atoms with Crippen LogP contribution < -0.4 is 14.9 Å². The minimum atomic E-state index is -0.183. The molecule has 0 unspecified atom stereocenters. The number of carbonyl (C=O) groups excluding carboxylic acids is 1. The summed E-state index contributed by atoms with van der Waals surface area (Å²) in [6.45, 7) is 2.32. The molecule has 5 nitrogen and oxygen atoms in total. The predicted molar refractivity (Wildman–Crippen MR) is 105 cm³/mol. The van der Waals surface area contributed by atoms with E-state index in [1.54, 1.807) is 31.5 Å². The number of halogens is 2. The third-order valence-electron chi connectivity index (χ3n) is 3.52.